The highest BCUT2D eigenvalue weighted by Crippen LogP contribution is 2.25. The molecule has 0 fully saturated rings. The second-order valence-electron chi connectivity index (χ2n) is 6.43. The first-order valence-corrected chi connectivity index (χ1v) is 8.91. The molecule has 0 aliphatic carbocycles. The van der Waals surface area contributed by atoms with E-state index < -0.39 is 17.2 Å². The molecular weight excluding hydrogens is 360 g/mol. The summed E-state index contributed by atoms with van der Waals surface area (Å²) in [5.74, 6) is -0.565. The number of aromatic nitrogens is 2. The van der Waals surface area contributed by atoms with E-state index in [-0.39, 0.29) is 18.7 Å². The van der Waals surface area contributed by atoms with Crippen LogP contribution in [0.15, 0.2) is 62.5 Å². The third kappa shape index (κ3) is 2.81. The first-order valence-electron chi connectivity index (χ1n) is 8.91. The standard InChI is InChI=1S/C21H18N2O5/c1-3-27-17(24)12-22-18-15-6-4-5-7-16(15)28-19(18)20(25)23(21(22)26)14-10-8-13(2)9-11-14/h4-11H,3,12H2,1-2H3. The number of aryl methyl sites for hydroxylation is 1. The quantitative estimate of drug-likeness (QED) is 0.510. The number of carbonyl (C=O) groups is 1. The van der Waals surface area contributed by atoms with Gasteiger partial charge in [0.25, 0.3) is 0 Å². The van der Waals surface area contributed by atoms with Crippen LogP contribution in [-0.2, 0) is 16.1 Å². The molecule has 2 aromatic carbocycles. The minimum Gasteiger partial charge on any atom is -0.465 e. The average Bonchev–Trinajstić information content (AvgIpc) is 3.07. The van der Waals surface area contributed by atoms with Gasteiger partial charge in [0.1, 0.15) is 17.6 Å². The van der Waals surface area contributed by atoms with Gasteiger partial charge in [0.2, 0.25) is 5.58 Å². The van der Waals surface area contributed by atoms with E-state index in [2.05, 4.69) is 0 Å². The van der Waals surface area contributed by atoms with Crippen molar-refractivity contribution in [3.63, 3.8) is 0 Å². The zero-order valence-electron chi connectivity index (χ0n) is 15.5. The Bertz CT molecular complexity index is 1310. The van der Waals surface area contributed by atoms with Gasteiger partial charge in [0.05, 0.1) is 12.3 Å². The fourth-order valence-corrected chi connectivity index (χ4v) is 3.25. The molecule has 0 amide bonds. The topological polar surface area (TPSA) is 83.4 Å². The lowest BCUT2D eigenvalue weighted by Crippen LogP contribution is -2.40. The predicted molar refractivity (Wildman–Crippen MR) is 105 cm³/mol. The maximum atomic E-state index is 13.2. The lowest BCUT2D eigenvalue weighted by molar-refractivity contribution is -0.143. The highest BCUT2D eigenvalue weighted by atomic mass is 16.5. The van der Waals surface area contributed by atoms with Crippen molar-refractivity contribution in [3.05, 3.63) is 74.9 Å². The van der Waals surface area contributed by atoms with Crippen LogP contribution in [0.1, 0.15) is 12.5 Å². The number of nitrogens with zero attached hydrogens (tertiary/aromatic N) is 2. The molecule has 0 N–H and O–H groups in total. The lowest BCUT2D eigenvalue weighted by Gasteiger charge is -2.11. The molecule has 0 saturated carbocycles. The number of hydrogen-bond donors (Lipinski definition) is 0. The van der Waals surface area contributed by atoms with Crippen molar-refractivity contribution in [3.8, 4) is 5.69 Å². The minimum atomic E-state index is -0.624. The largest absolute Gasteiger partial charge is 0.465 e. The summed E-state index contributed by atoms with van der Waals surface area (Å²) in [5.41, 5.74) is 0.983. The van der Waals surface area contributed by atoms with Gasteiger partial charge in [-0.3, -0.25) is 14.2 Å². The number of esters is 1. The SMILES string of the molecule is CCOC(=O)Cn1c(=O)n(-c2ccc(C)cc2)c(=O)c2oc3ccccc3c21. The van der Waals surface area contributed by atoms with Gasteiger partial charge in [-0.25, -0.2) is 9.36 Å². The summed E-state index contributed by atoms with van der Waals surface area (Å²) in [6.07, 6.45) is 0. The molecule has 0 aliphatic rings. The monoisotopic (exact) mass is 378 g/mol. The van der Waals surface area contributed by atoms with Crippen molar-refractivity contribution >= 4 is 28.0 Å². The summed E-state index contributed by atoms with van der Waals surface area (Å²) < 4.78 is 13.0. The van der Waals surface area contributed by atoms with Crippen LogP contribution in [0.2, 0.25) is 0 Å². The summed E-state index contributed by atoms with van der Waals surface area (Å²) >= 11 is 0. The average molecular weight is 378 g/mol. The molecule has 2 heterocycles. The molecule has 4 aromatic rings. The number of furan rings is 1. The van der Waals surface area contributed by atoms with Crippen molar-refractivity contribution in [2.24, 2.45) is 0 Å². The summed E-state index contributed by atoms with van der Waals surface area (Å²) in [6, 6.07) is 14.0. The molecule has 28 heavy (non-hydrogen) atoms. The van der Waals surface area contributed by atoms with Crippen LogP contribution in [0.5, 0.6) is 0 Å². The molecule has 7 nitrogen and oxygen atoms in total. The maximum Gasteiger partial charge on any atom is 0.336 e. The second-order valence-corrected chi connectivity index (χ2v) is 6.43. The Labute approximate surface area is 159 Å². The van der Waals surface area contributed by atoms with Gasteiger partial charge >= 0.3 is 17.2 Å². The molecular formula is C21H18N2O5. The van der Waals surface area contributed by atoms with Crippen molar-refractivity contribution in [2.75, 3.05) is 6.61 Å². The molecule has 0 atom stereocenters. The Balaban J connectivity index is 2.10. The highest BCUT2D eigenvalue weighted by Gasteiger charge is 2.22. The zero-order chi connectivity index (χ0) is 19.8. The molecule has 7 heteroatoms. The van der Waals surface area contributed by atoms with Crippen LogP contribution in [0.25, 0.3) is 27.8 Å². The number of benzene rings is 2. The lowest BCUT2D eigenvalue weighted by atomic mass is 10.2. The van der Waals surface area contributed by atoms with E-state index in [0.29, 0.717) is 22.2 Å². The molecule has 0 saturated heterocycles. The molecule has 0 aliphatic heterocycles. The number of fused-ring (bicyclic) bond motifs is 3. The van der Waals surface area contributed by atoms with Crippen LogP contribution in [0, 0.1) is 6.92 Å². The number of hydrogen-bond acceptors (Lipinski definition) is 5. The van der Waals surface area contributed by atoms with Gasteiger partial charge in [-0.1, -0.05) is 29.8 Å². The fraction of sp³-hybridized carbons (Fsp3) is 0.190. The Morgan fingerprint density at radius 2 is 1.79 bits per heavy atom. The Morgan fingerprint density at radius 3 is 2.50 bits per heavy atom. The first-order chi connectivity index (χ1) is 13.5. The van der Waals surface area contributed by atoms with E-state index >= 15 is 0 Å². The number of carbonyl (C=O) groups excluding carboxylic acids is 1. The minimum absolute atomic E-state index is 0.0191. The predicted octanol–water partition coefficient (Wildman–Crippen LogP) is 2.77. The third-order valence-electron chi connectivity index (χ3n) is 4.54. The molecule has 0 spiro atoms. The van der Waals surface area contributed by atoms with Crippen molar-refractivity contribution in [1.82, 2.24) is 9.13 Å². The maximum absolute atomic E-state index is 13.2. The van der Waals surface area contributed by atoms with Gasteiger partial charge in [0.15, 0.2) is 0 Å². The number of para-hydroxylation sites is 1. The summed E-state index contributed by atoms with van der Waals surface area (Å²) in [4.78, 5) is 38.5. The zero-order valence-corrected chi connectivity index (χ0v) is 15.5. The van der Waals surface area contributed by atoms with Crippen LogP contribution in [0.3, 0.4) is 0 Å². The highest BCUT2D eigenvalue weighted by molar-refractivity contribution is 6.02. The van der Waals surface area contributed by atoms with E-state index in [0.717, 1.165) is 10.1 Å². The van der Waals surface area contributed by atoms with Crippen LogP contribution in [-0.4, -0.2) is 21.7 Å². The summed E-state index contributed by atoms with van der Waals surface area (Å²) in [5, 5.41) is 0.590. The summed E-state index contributed by atoms with van der Waals surface area (Å²) in [7, 11) is 0. The van der Waals surface area contributed by atoms with Crippen molar-refractivity contribution in [2.45, 2.75) is 20.4 Å². The number of rotatable bonds is 4. The van der Waals surface area contributed by atoms with Gasteiger partial charge < -0.3 is 9.15 Å². The number of ether oxygens (including phenoxy) is 1. The van der Waals surface area contributed by atoms with Crippen molar-refractivity contribution < 1.29 is 13.9 Å². The van der Waals surface area contributed by atoms with E-state index in [9.17, 15) is 14.4 Å². The van der Waals surface area contributed by atoms with Gasteiger partial charge in [-0.15, -0.1) is 0 Å². The smallest absolute Gasteiger partial charge is 0.336 e. The van der Waals surface area contributed by atoms with Gasteiger partial charge in [-0.2, -0.15) is 0 Å². The Morgan fingerprint density at radius 1 is 1.07 bits per heavy atom. The molecule has 142 valence electrons. The van der Waals surface area contributed by atoms with Crippen LogP contribution < -0.4 is 11.2 Å². The Kier molecular flexibility index (Phi) is 4.35. The molecule has 4 rings (SSSR count). The van der Waals surface area contributed by atoms with Crippen molar-refractivity contribution in [1.29, 1.82) is 0 Å². The van der Waals surface area contributed by atoms with E-state index in [4.69, 9.17) is 9.15 Å². The van der Waals surface area contributed by atoms with Crippen LogP contribution >= 0.6 is 0 Å². The van der Waals surface area contributed by atoms with Gasteiger partial charge in [0, 0.05) is 5.39 Å². The third-order valence-corrected chi connectivity index (χ3v) is 4.54. The van der Waals surface area contributed by atoms with E-state index in [1.54, 1.807) is 55.5 Å². The van der Waals surface area contributed by atoms with E-state index in [1.807, 2.05) is 6.92 Å². The second kappa shape index (κ2) is 6.84. The molecule has 0 unspecified atom stereocenters. The fourth-order valence-electron chi connectivity index (χ4n) is 3.25. The first kappa shape index (κ1) is 17.8. The van der Waals surface area contributed by atoms with Crippen LogP contribution in [0.4, 0.5) is 0 Å². The summed E-state index contributed by atoms with van der Waals surface area (Å²) in [6.45, 7) is 3.48. The normalized spacial score (nSPS) is 11.2. The van der Waals surface area contributed by atoms with E-state index in [1.165, 1.54) is 4.57 Å². The molecule has 0 radical (unpaired) electrons. The Hall–Kier alpha value is -3.61. The van der Waals surface area contributed by atoms with Gasteiger partial charge in [-0.05, 0) is 38.1 Å². The molecule has 2 aromatic heterocycles. The molecule has 0 bridgehead atoms.